The summed E-state index contributed by atoms with van der Waals surface area (Å²) >= 11 is 0. The van der Waals surface area contributed by atoms with Crippen molar-refractivity contribution >= 4 is 13.4 Å². The summed E-state index contributed by atoms with van der Waals surface area (Å²) in [5, 5.41) is 2.96. The van der Waals surface area contributed by atoms with E-state index in [9.17, 15) is 4.57 Å². The summed E-state index contributed by atoms with van der Waals surface area (Å²) in [6.45, 7) is 4.22. The van der Waals surface area contributed by atoms with Gasteiger partial charge in [0.15, 0.2) is 0 Å². The maximum Gasteiger partial charge on any atom is 0.541 e. The molecule has 0 heterocycles. The van der Waals surface area contributed by atoms with E-state index in [0.29, 0.717) is 23.1 Å². The molecule has 0 saturated carbocycles. The molecule has 3 aromatic rings. The van der Waals surface area contributed by atoms with Crippen LogP contribution < -0.4 is 14.1 Å². The van der Waals surface area contributed by atoms with E-state index in [4.69, 9.17) is 9.05 Å². The van der Waals surface area contributed by atoms with Gasteiger partial charge < -0.3 is 9.05 Å². The fraction of sp³-hybridized carbons (Fsp3) is 0.143. The summed E-state index contributed by atoms with van der Waals surface area (Å²) in [4.78, 5) is 0. The van der Waals surface area contributed by atoms with E-state index in [1.165, 1.54) is 0 Å². The third-order valence-corrected chi connectivity index (χ3v) is 5.19. The van der Waals surface area contributed by atoms with Gasteiger partial charge in [0.1, 0.15) is 11.5 Å². The number of hydrogen-bond donors (Lipinski definition) is 1. The van der Waals surface area contributed by atoms with Crippen molar-refractivity contribution in [1.29, 1.82) is 0 Å². The van der Waals surface area contributed by atoms with Gasteiger partial charge in [-0.2, -0.15) is 0 Å². The summed E-state index contributed by atoms with van der Waals surface area (Å²) < 4.78 is 24.9. The van der Waals surface area contributed by atoms with Gasteiger partial charge >= 0.3 is 7.75 Å². The first-order chi connectivity index (χ1) is 12.5. The molecule has 0 aliphatic heterocycles. The van der Waals surface area contributed by atoms with Gasteiger partial charge in [-0.3, -0.25) is 5.09 Å². The third-order valence-electron chi connectivity index (χ3n) is 3.76. The SMILES string of the molecule is CC(C)c1cccc(NP(=O)(Oc2ccccc2)Oc2ccccc2)c1. The van der Waals surface area contributed by atoms with Gasteiger partial charge in [-0.1, -0.05) is 62.4 Å². The maximum atomic E-state index is 13.4. The Morgan fingerprint density at radius 3 is 1.81 bits per heavy atom. The minimum absolute atomic E-state index is 0.362. The Hall–Kier alpha value is -2.71. The summed E-state index contributed by atoms with van der Waals surface area (Å²) in [7, 11) is -3.69. The number of nitrogens with one attached hydrogen (secondary N) is 1. The van der Waals surface area contributed by atoms with Crippen LogP contribution in [0.4, 0.5) is 5.69 Å². The monoisotopic (exact) mass is 367 g/mol. The molecule has 5 heteroatoms. The molecule has 0 spiro atoms. The van der Waals surface area contributed by atoms with Crippen molar-refractivity contribution in [2.24, 2.45) is 0 Å². The lowest BCUT2D eigenvalue weighted by Crippen LogP contribution is -2.10. The van der Waals surface area contributed by atoms with Gasteiger partial charge in [0.25, 0.3) is 0 Å². The fourth-order valence-corrected chi connectivity index (χ4v) is 3.81. The van der Waals surface area contributed by atoms with Crippen LogP contribution in [0, 0.1) is 0 Å². The maximum absolute atomic E-state index is 13.4. The van der Waals surface area contributed by atoms with Crippen LogP contribution in [0.2, 0.25) is 0 Å². The van der Waals surface area contributed by atoms with E-state index in [0.717, 1.165) is 5.56 Å². The lowest BCUT2D eigenvalue weighted by molar-refractivity contribution is 0.393. The molecule has 0 fully saturated rings. The summed E-state index contributed by atoms with van der Waals surface area (Å²) in [5.41, 5.74) is 1.83. The Morgan fingerprint density at radius 1 is 0.769 bits per heavy atom. The zero-order chi connectivity index (χ0) is 18.4. The highest BCUT2D eigenvalue weighted by Crippen LogP contribution is 2.48. The first kappa shape index (κ1) is 18.1. The number of para-hydroxylation sites is 2. The first-order valence-corrected chi connectivity index (χ1v) is 10.1. The fourth-order valence-electron chi connectivity index (χ4n) is 2.43. The van der Waals surface area contributed by atoms with Crippen LogP contribution in [0.5, 0.6) is 11.5 Å². The zero-order valence-electron chi connectivity index (χ0n) is 14.8. The van der Waals surface area contributed by atoms with Crippen molar-refractivity contribution in [2.75, 3.05) is 5.09 Å². The second-order valence-electron chi connectivity index (χ2n) is 6.20. The van der Waals surface area contributed by atoms with Crippen molar-refractivity contribution in [3.8, 4) is 11.5 Å². The number of hydrogen-bond acceptors (Lipinski definition) is 3. The van der Waals surface area contributed by atoms with Gasteiger partial charge in [0, 0.05) is 5.69 Å². The van der Waals surface area contributed by atoms with Crippen molar-refractivity contribution in [2.45, 2.75) is 19.8 Å². The molecule has 3 aromatic carbocycles. The highest BCUT2D eigenvalue weighted by atomic mass is 31.2. The molecule has 1 N–H and O–H groups in total. The molecule has 0 bridgehead atoms. The second kappa shape index (κ2) is 8.11. The zero-order valence-corrected chi connectivity index (χ0v) is 15.7. The van der Waals surface area contributed by atoms with E-state index in [1.54, 1.807) is 24.3 Å². The molecule has 4 nitrogen and oxygen atoms in total. The molecule has 26 heavy (non-hydrogen) atoms. The van der Waals surface area contributed by atoms with Crippen LogP contribution >= 0.6 is 7.75 Å². The van der Waals surface area contributed by atoms with Crippen LogP contribution in [0.15, 0.2) is 84.9 Å². The predicted octanol–water partition coefficient (Wildman–Crippen LogP) is 6.49. The quantitative estimate of drug-likeness (QED) is 0.485. The highest BCUT2D eigenvalue weighted by molar-refractivity contribution is 7.56. The van der Waals surface area contributed by atoms with Crippen LogP contribution in [0.1, 0.15) is 25.3 Å². The molecular formula is C21H22NO3P. The average molecular weight is 367 g/mol. The third kappa shape index (κ3) is 4.90. The molecular weight excluding hydrogens is 345 g/mol. The number of benzene rings is 3. The Labute approximate surface area is 154 Å². The van der Waals surface area contributed by atoms with Crippen molar-refractivity contribution in [3.05, 3.63) is 90.5 Å². The lowest BCUT2D eigenvalue weighted by Gasteiger charge is -2.21. The van der Waals surface area contributed by atoms with Gasteiger partial charge in [0.05, 0.1) is 0 Å². The van der Waals surface area contributed by atoms with E-state index in [2.05, 4.69) is 18.9 Å². The van der Waals surface area contributed by atoms with E-state index in [-0.39, 0.29) is 0 Å². The summed E-state index contributed by atoms with van der Waals surface area (Å²) in [6.07, 6.45) is 0. The molecule has 0 aliphatic carbocycles. The van der Waals surface area contributed by atoms with E-state index < -0.39 is 7.75 Å². The Bertz CT molecular complexity index is 837. The molecule has 0 aromatic heterocycles. The standard InChI is InChI=1S/C21H22NO3P/c1-17(2)18-10-9-11-19(16-18)22-26(23,24-20-12-5-3-6-13-20)25-21-14-7-4-8-15-21/h3-17H,1-2H3,(H,22,23). The average Bonchev–Trinajstić information content (AvgIpc) is 2.63. The van der Waals surface area contributed by atoms with Gasteiger partial charge in [-0.15, -0.1) is 0 Å². The molecule has 0 unspecified atom stereocenters. The van der Waals surface area contributed by atoms with Crippen molar-refractivity contribution in [1.82, 2.24) is 0 Å². The first-order valence-electron chi connectivity index (χ1n) is 8.52. The van der Waals surface area contributed by atoms with Gasteiger partial charge in [0.2, 0.25) is 0 Å². The normalized spacial score (nSPS) is 11.2. The Balaban J connectivity index is 1.89. The van der Waals surface area contributed by atoms with Crippen LogP contribution in [0.25, 0.3) is 0 Å². The lowest BCUT2D eigenvalue weighted by atomic mass is 10.0. The minimum Gasteiger partial charge on any atom is -0.400 e. The molecule has 0 atom stereocenters. The number of anilines is 1. The van der Waals surface area contributed by atoms with E-state index >= 15 is 0 Å². The molecule has 0 saturated heterocycles. The van der Waals surface area contributed by atoms with Crippen LogP contribution in [-0.2, 0) is 4.57 Å². The molecule has 134 valence electrons. The van der Waals surface area contributed by atoms with Gasteiger partial charge in [-0.25, -0.2) is 4.57 Å². The molecule has 0 amide bonds. The van der Waals surface area contributed by atoms with E-state index in [1.807, 2.05) is 60.7 Å². The van der Waals surface area contributed by atoms with Crippen LogP contribution in [-0.4, -0.2) is 0 Å². The Morgan fingerprint density at radius 2 is 1.31 bits per heavy atom. The highest BCUT2D eigenvalue weighted by Gasteiger charge is 2.29. The number of rotatable bonds is 7. The Kier molecular flexibility index (Phi) is 5.65. The van der Waals surface area contributed by atoms with Crippen molar-refractivity contribution in [3.63, 3.8) is 0 Å². The topological polar surface area (TPSA) is 47.6 Å². The second-order valence-corrected chi connectivity index (χ2v) is 7.78. The van der Waals surface area contributed by atoms with Crippen LogP contribution in [0.3, 0.4) is 0 Å². The van der Waals surface area contributed by atoms with Crippen molar-refractivity contribution < 1.29 is 13.6 Å². The largest absolute Gasteiger partial charge is 0.541 e. The molecule has 0 radical (unpaired) electrons. The minimum atomic E-state index is -3.69. The van der Waals surface area contributed by atoms with Gasteiger partial charge in [-0.05, 0) is 47.9 Å². The molecule has 0 aliphatic rings. The predicted molar refractivity (Wildman–Crippen MR) is 106 cm³/mol. The smallest absolute Gasteiger partial charge is 0.400 e. The molecule has 3 rings (SSSR count). The summed E-state index contributed by atoms with van der Waals surface area (Å²) in [5.74, 6) is 1.31. The summed E-state index contributed by atoms with van der Waals surface area (Å²) in [6, 6.07) is 25.8.